The number of nitrogens with zero attached hydrogens (tertiary/aromatic N) is 1. The van der Waals surface area contributed by atoms with Crippen LogP contribution in [0.1, 0.15) is 5.56 Å². The molecule has 0 aromatic heterocycles. The summed E-state index contributed by atoms with van der Waals surface area (Å²) in [6.45, 7) is 0. The van der Waals surface area contributed by atoms with Gasteiger partial charge in [0.25, 0.3) is 0 Å². The zero-order valence-electron chi connectivity index (χ0n) is 5.74. The monoisotopic (exact) mass is 149 g/mol. The summed E-state index contributed by atoms with van der Waals surface area (Å²) in [5.41, 5.74) is 6.96. The summed E-state index contributed by atoms with van der Waals surface area (Å²) >= 11 is 0. The first-order chi connectivity index (χ1) is 5.36. The third-order valence-electron chi connectivity index (χ3n) is 1.52. The Hall–Kier alpha value is -1.71. The van der Waals surface area contributed by atoms with Crippen LogP contribution in [-0.2, 0) is 0 Å². The number of hydrogen-bond donors (Lipinski definition) is 2. The van der Waals surface area contributed by atoms with Crippen molar-refractivity contribution in [3.8, 4) is 0 Å². The van der Waals surface area contributed by atoms with Gasteiger partial charge in [0, 0.05) is 0 Å². The van der Waals surface area contributed by atoms with Gasteiger partial charge in [-0.2, -0.15) is 0 Å². The Kier molecular flexibility index (Phi) is 1.18. The number of anilines is 1. The van der Waals surface area contributed by atoms with Gasteiger partial charge in [-0.25, -0.2) is 0 Å². The number of benzene rings is 1. The third-order valence-corrected chi connectivity index (χ3v) is 1.52. The highest BCUT2D eigenvalue weighted by Gasteiger charge is 2.07. The van der Waals surface area contributed by atoms with Crippen molar-refractivity contribution < 1.29 is 4.85 Å². The van der Waals surface area contributed by atoms with Crippen LogP contribution in [0.25, 0.3) is 0 Å². The van der Waals surface area contributed by atoms with E-state index in [1.54, 1.807) is 0 Å². The summed E-state index contributed by atoms with van der Waals surface area (Å²) in [6.07, 6.45) is 1.48. The van der Waals surface area contributed by atoms with Crippen molar-refractivity contribution in [2.24, 2.45) is 0 Å². The van der Waals surface area contributed by atoms with Crippen LogP contribution in [0.15, 0.2) is 24.3 Å². The van der Waals surface area contributed by atoms with Crippen molar-refractivity contribution in [1.82, 2.24) is 5.53 Å². The molecule has 56 valence electrons. The molecule has 2 rings (SSSR count). The van der Waals surface area contributed by atoms with Crippen molar-refractivity contribution in [2.45, 2.75) is 0 Å². The summed E-state index contributed by atoms with van der Waals surface area (Å²) < 4.78 is 0. The lowest BCUT2D eigenvalue weighted by atomic mass is 10.2. The zero-order valence-corrected chi connectivity index (χ0v) is 5.74. The minimum atomic E-state index is 0.627. The van der Waals surface area contributed by atoms with E-state index in [2.05, 4.69) is 11.0 Å². The molecule has 1 aromatic rings. The topological polar surface area (TPSA) is 50.1 Å². The molecule has 0 radical (unpaired) electrons. The summed E-state index contributed by atoms with van der Waals surface area (Å²) in [6, 6.07) is 7.55. The molecule has 1 aliphatic rings. The van der Waals surface area contributed by atoms with Crippen LogP contribution in [0.3, 0.4) is 0 Å². The first-order valence-electron chi connectivity index (χ1n) is 3.28. The summed E-state index contributed by atoms with van der Waals surface area (Å²) in [5.74, 6) is 0. The molecule has 0 spiro atoms. The van der Waals surface area contributed by atoms with E-state index in [-0.39, 0.29) is 0 Å². The SMILES string of the molecule is [O-][N+]1=Cc2ccccc2NN1. The van der Waals surface area contributed by atoms with Gasteiger partial charge in [-0.1, -0.05) is 22.5 Å². The van der Waals surface area contributed by atoms with E-state index >= 15 is 0 Å². The Morgan fingerprint density at radius 2 is 2.09 bits per heavy atom. The van der Waals surface area contributed by atoms with Gasteiger partial charge in [0.1, 0.15) is 0 Å². The van der Waals surface area contributed by atoms with Gasteiger partial charge < -0.3 is 5.21 Å². The number of hydrazone groups is 1. The minimum Gasteiger partial charge on any atom is -0.595 e. The number of hydrazine groups is 2. The fourth-order valence-corrected chi connectivity index (χ4v) is 0.997. The van der Waals surface area contributed by atoms with E-state index in [0.717, 1.165) is 11.3 Å². The van der Waals surface area contributed by atoms with Crippen LogP contribution in [0.4, 0.5) is 5.69 Å². The van der Waals surface area contributed by atoms with Crippen LogP contribution in [-0.4, -0.2) is 11.1 Å². The molecule has 0 amide bonds. The standard InChI is InChI=1S/C7H7N3O/c11-10-5-6-3-1-2-4-7(6)8-9-10/h1-5,8-9H. The highest BCUT2D eigenvalue weighted by Crippen LogP contribution is 2.12. The molecule has 0 bridgehead atoms. The van der Waals surface area contributed by atoms with Crippen LogP contribution in [0.5, 0.6) is 0 Å². The second kappa shape index (κ2) is 2.16. The molecule has 0 fully saturated rings. The summed E-state index contributed by atoms with van der Waals surface area (Å²) in [4.78, 5) is 0.627. The Bertz CT molecular complexity index is 308. The van der Waals surface area contributed by atoms with E-state index in [4.69, 9.17) is 0 Å². The Balaban J connectivity index is 2.51. The third kappa shape index (κ3) is 0.980. The first kappa shape index (κ1) is 6.03. The van der Waals surface area contributed by atoms with E-state index in [1.807, 2.05) is 24.3 Å². The van der Waals surface area contributed by atoms with Crippen molar-refractivity contribution >= 4 is 11.9 Å². The zero-order chi connectivity index (χ0) is 7.68. The molecule has 0 aliphatic carbocycles. The summed E-state index contributed by atoms with van der Waals surface area (Å²) in [5, 5.41) is 10.7. The molecule has 2 N–H and O–H groups in total. The predicted molar refractivity (Wildman–Crippen MR) is 42.0 cm³/mol. The van der Waals surface area contributed by atoms with E-state index in [9.17, 15) is 5.21 Å². The van der Waals surface area contributed by atoms with Gasteiger partial charge >= 0.3 is 0 Å². The minimum absolute atomic E-state index is 0.627. The van der Waals surface area contributed by atoms with Gasteiger partial charge in [-0.05, 0) is 12.1 Å². The maximum Gasteiger partial charge on any atom is 0.218 e. The number of rotatable bonds is 0. The van der Waals surface area contributed by atoms with Crippen LogP contribution in [0, 0.1) is 5.21 Å². The molecule has 0 saturated heterocycles. The molecule has 0 saturated carbocycles. The second-order valence-corrected chi connectivity index (χ2v) is 2.28. The molecule has 1 aliphatic heterocycles. The largest absolute Gasteiger partial charge is 0.595 e. The molecule has 11 heavy (non-hydrogen) atoms. The predicted octanol–water partition coefficient (Wildman–Crippen LogP) is 0.461. The fraction of sp³-hybridized carbons (Fsp3) is 0. The summed E-state index contributed by atoms with van der Waals surface area (Å²) in [7, 11) is 0. The average Bonchev–Trinajstić information content (AvgIpc) is 2.04. The van der Waals surface area contributed by atoms with Crippen molar-refractivity contribution in [1.29, 1.82) is 0 Å². The van der Waals surface area contributed by atoms with Gasteiger partial charge in [-0.15, -0.1) is 0 Å². The van der Waals surface area contributed by atoms with E-state index in [0.29, 0.717) is 4.85 Å². The maximum atomic E-state index is 10.7. The lowest BCUT2D eigenvalue weighted by Crippen LogP contribution is -2.34. The Labute approximate surface area is 63.7 Å². The molecule has 1 aromatic carbocycles. The normalized spacial score (nSPS) is 14.0. The lowest BCUT2D eigenvalue weighted by molar-refractivity contribution is -0.514. The smallest absolute Gasteiger partial charge is 0.218 e. The van der Waals surface area contributed by atoms with Gasteiger partial charge in [0.05, 0.1) is 11.3 Å². The Morgan fingerprint density at radius 3 is 3.00 bits per heavy atom. The molecular weight excluding hydrogens is 142 g/mol. The average molecular weight is 149 g/mol. The van der Waals surface area contributed by atoms with E-state index < -0.39 is 0 Å². The van der Waals surface area contributed by atoms with Crippen molar-refractivity contribution in [3.63, 3.8) is 0 Å². The molecular formula is C7H7N3O. The van der Waals surface area contributed by atoms with E-state index in [1.165, 1.54) is 6.21 Å². The molecule has 0 unspecified atom stereocenters. The Morgan fingerprint density at radius 1 is 1.27 bits per heavy atom. The highest BCUT2D eigenvalue weighted by atomic mass is 16.5. The maximum absolute atomic E-state index is 10.7. The molecule has 4 heteroatoms. The van der Waals surface area contributed by atoms with Crippen LogP contribution in [0.2, 0.25) is 0 Å². The van der Waals surface area contributed by atoms with Crippen molar-refractivity contribution in [2.75, 3.05) is 5.43 Å². The highest BCUT2D eigenvalue weighted by molar-refractivity contribution is 5.85. The molecule has 1 heterocycles. The molecule has 0 atom stereocenters. The van der Waals surface area contributed by atoms with Crippen molar-refractivity contribution in [3.05, 3.63) is 35.0 Å². The van der Waals surface area contributed by atoms with Gasteiger partial charge in [-0.3, -0.25) is 5.43 Å². The molecule has 4 nitrogen and oxygen atoms in total. The lowest BCUT2D eigenvalue weighted by Gasteiger charge is -2.14. The fourth-order valence-electron chi connectivity index (χ4n) is 0.997. The number of para-hydroxylation sites is 1. The first-order valence-corrected chi connectivity index (χ1v) is 3.28. The van der Waals surface area contributed by atoms with Gasteiger partial charge in [0.2, 0.25) is 6.21 Å². The van der Waals surface area contributed by atoms with Gasteiger partial charge in [0.15, 0.2) is 0 Å². The van der Waals surface area contributed by atoms with Crippen LogP contribution >= 0.6 is 0 Å². The number of nitrogens with one attached hydrogen (secondary N) is 2. The second-order valence-electron chi connectivity index (χ2n) is 2.28. The van der Waals surface area contributed by atoms with Crippen LogP contribution < -0.4 is 11.0 Å². The quantitative estimate of drug-likeness (QED) is 0.416. The number of fused-ring (bicyclic) bond motifs is 1. The number of hydrogen-bond acceptors (Lipinski definition) is 3.